The van der Waals surface area contributed by atoms with Crippen molar-refractivity contribution in [2.24, 2.45) is 0 Å². The third-order valence-electron chi connectivity index (χ3n) is 3.15. The highest BCUT2D eigenvalue weighted by atomic mass is 19.1. The van der Waals surface area contributed by atoms with Crippen molar-refractivity contribution in [3.63, 3.8) is 0 Å². The van der Waals surface area contributed by atoms with Gasteiger partial charge in [-0.15, -0.1) is 5.10 Å². The van der Waals surface area contributed by atoms with Gasteiger partial charge in [-0.1, -0.05) is 6.07 Å². The second kappa shape index (κ2) is 4.97. The van der Waals surface area contributed by atoms with Gasteiger partial charge in [0.15, 0.2) is 5.82 Å². The Balaban J connectivity index is 2.17. The molecule has 21 heavy (non-hydrogen) atoms. The lowest BCUT2D eigenvalue weighted by Gasteiger charge is -2.08. The van der Waals surface area contributed by atoms with Gasteiger partial charge in [-0.25, -0.2) is 4.39 Å². The maximum Gasteiger partial charge on any atom is 0.190 e. The summed E-state index contributed by atoms with van der Waals surface area (Å²) >= 11 is 0. The van der Waals surface area contributed by atoms with Gasteiger partial charge in [-0.2, -0.15) is 4.68 Å². The van der Waals surface area contributed by atoms with Gasteiger partial charge in [0.1, 0.15) is 5.82 Å². The van der Waals surface area contributed by atoms with Crippen LogP contribution in [0.3, 0.4) is 0 Å². The molecule has 3 rings (SSSR count). The first-order valence-corrected chi connectivity index (χ1v) is 6.47. The zero-order valence-electron chi connectivity index (χ0n) is 11.7. The summed E-state index contributed by atoms with van der Waals surface area (Å²) in [6.07, 6.45) is 0. The average Bonchev–Trinajstić information content (AvgIpc) is 2.86. The number of aryl methyl sites for hydroxylation is 2. The molecule has 0 saturated heterocycles. The Morgan fingerprint density at radius 1 is 1.05 bits per heavy atom. The number of halogens is 1. The normalized spacial score (nSPS) is 10.8. The summed E-state index contributed by atoms with van der Waals surface area (Å²) in [7, 11) is 0. The van der Waals surface area contributed by atoms with E-state index >= 15 is 0 Å². The Bertz CT molecular complexity index is 789. The number of benzene rings is 2. The lowest BCUT2D eigenvalue weighted by atomic mass is 10.1. The van der Waals surface area contributed by atoms with E-state index in [-0.39, 0.29) is 0 Å². The standard InChI is InChI=1S/C15H14FN5/c1-9-5-10(2)7-12(6-9)21-15(18-19-20-21)13-4-3-11(17)8-14(13)16/h3-8H,17H2,1-2H3. The minimum absolute atomic E-state index is 0.313. The van der Waals surface area contributed by atoms with Crippen LogP contribution in [0.4, 0.5) is 10.1 Å². The van der Waals surface area contributed by atoms with E-state index in [1.165, 1.54) is 10.7 Å². The Labute approximate surface area is 121 Å². The molecular weight excluding hydrogens is 269 g/mol. The fourth-order valence-electron chi connectivity index (χ4n) is 2.31. The molecule has 0 atom stereocenters. The monoisotopic (exact) mass is 283 g/mol. The van der Waals surface area contributed by atoms with Crippen LogP contribution < -0.4 is 5.73 Å². The van der Waals surface area contributed by atoms with Crippen molar-refractivity contribution >= 4 is 5.69 Å². The van der Waals surface area contributed by atoms with E-state index < -0.39 is 5.82 Å². The van der Waals surface area contributed by atoms with E-state index in [2.05, 4.69) is 21.6 Å². The van der Waals surface area contributed by atoms with Crippen molar-refractivity contribution in [1.29, 1.82) is 0 Å². The molecule has 0 unspecified atom stereocenters. The summed E-state index contributed by atoms with van der Waals surface area (Å²) < 4.78 is 15.6. The summed E-state index contributed by atoms with van der Waals surface area (Å²) in [5.74, 6) is -0.104. The molecule has 5 nitrogen and oxygen atoms in total. The number of aromatic nitrogens is 4. The summed E-state index contributed by atoms with van der Waals surface area (Å²) in [5, 5.41) is 11.6. The fraction of sp³-hybridized carbons (Fsp3) is 0.133. The Morgan fingerprint density at radius 2 is 1.76 bits per heavy atom. The van der Waals surface area contributed by atoms with Gasteiger partial charge in [-0.05, 0) is 65.7 Å². The number of nitrogens with zero attached hydrogens (tertiary/aromatic N) is 4. The van der Waals surface area contributed by atoms with Crippen molar-refractivity contribution in [2.45, 2.75) is 13.8 Å². The molecule has 2 aromatic carbocycles. The molecule has 1 aromatic heterocycles. The number of nitrogens with two attached hydrogens (primary N) is 1. The Hall–Kier alpha value is -2.76. The molecule has 1 heterocycles. The first-order chi connectivity index (χ1) is 10.0. The highest BCUT2D eigenvalue weighted by Crippen LogP contribution is 2.24. The largest absolute Gasteiger partial charge is 0.399 e. The van der Waals surface area contributed by atoms with Crippen LogP contribution in [0.5, 0.6) is 0 Å². The lowest BCUT2D eigenvalue weighted by Crippen LogP contribution is -2.02. The van der Waals surface area contributed by atoms with Crippen molar-refractivity contribution in [2.75, 3.05) is 5.73 Å². The molecule has 0 aliphatic carbocycles. The second-order valence-electron chi connectivity index (χ2n) is 5.00. The minimum Gasteiger partial charge on any atom is -0.399 e. The van der Waals surface area contributed by atoms with Gasteiger partial charge in [0.2, 0.25) is 0 Å². The van der Waals surface area contributed by atoms with Crippen LogP contribution in [0.1, 0.15) is 11.1 Å². The van der Waals surface area contributed by atoms with Crippen LogP contribution in [0, 0.1) is 19.7 Å². The number of rotatable bonds is 2. The van der Waals surface area contributed by atoms with Crippen LogP contribution in [-0.2, 0) is 0 Å². The topological polar surface area (TPSA) is 69.6 Å². The van der Waals surface area contributed by atoms with Gasteiger partial charge < -0.3 is 5.73 Å². The van der Waals surface area contributed by atoms with Crippen molar-refractivity contribution in [3.8, 4) is 17.1 Å². The Kier molecular flexibility index (Phi) is 3.13. The van der Waals surface area contributed by atoms with Crippen LogP contribution in [0.25, 0.3) is 17.1 Å². The first kappa shape index (κ1) is 13.2. The molecule has 106 valence electrons. The van der Waals surface area contributed by atoms with E-state index in [1.807, 2.05) is 26.0 Å². The number of nitrogen functional groups attached to an aromatic ring is 1. The number of hydrogen-bond donors (Lipinski definition) is 1. The summed E-state index contributed by atoms with van der Waals surface area (Å²) in [5.41, 5.74) is 9.22. The number of anilines is 1. The van der Waals surface area contributed by atoms with Crippen LogP contribution in [0.2, 0.25) is 0 Å². The second-order valence-corrected chi connectivity index (χ2v) is 5.00. The van der Waals surface area contributed by atoms with E-state index in [0.29, 0.717) is 17.1 Å². The molecule has 0 amide bonds. The van der Waals surface area contributed by atoms with Crippen LogP contribution >= 0.6 is 0 Å². The van der Waals surface area contributed by atoms with E-state index in [4.69, 9.17) is 5.73 Å². The van der Waals surface area contributed by atoms with Gasteiger partial charge in [0.05, 0.1) is 11.3 Å². The van der Waals surface area contributed by atoms with Gasteiger partial charge >= 0.3 is 0 Å². The maximum absolute atomic E-state index is 14.1. The number of hydrogen-bond acceptors (Lipinski definition) is 4. The molecule has 0 bridgehead atoms. The maximum atomic E-state index is 14.1. The zero-order chi connectivity index (χ0) is 15.0. The van der Waals surface area contributed by atoms with Crippen molar-refractivity contribution in [3.05, 3.63) is 53.3 Å². The van der Waals surface area contributed by atoms with E-state index in [0.717, 1.165) is 16.8 Å². The highest BCUT2D eigenvalue weighted by Gasteiger charge is 2.15. The molecule has 2 N–H and O–H groups in total. The summed E-state index contributed by atoms with van der Waals surface area (Å²) in [6, 6.07) is 10.4. The quantitative estimate of drug-likeness (QED) is 0.734. The van der Waals surface area contributed by atoms with Crippen LogP contribution in [-0.4, -0.2) is 20.2 Å². The third-order valence-corrected chi connectivity index (χ3v) is 3.15. The lowest BCUT2D eigenvalue weighted by molar-refractivity contribution is 0.629. The summed E-state index contributed by atoms with van der Waals surface area (Å²) in [4.78, 5) is 0. The molecule has 6 heteroatoms. The van der Waals surface area contributed by atoms with Crippen molar-refractivity contribution in [1.82, 2.24) is 20.2 Å². The van der Waals surface area contributed by atoms with Crippen LogP contribution in [0.15, 0.2) is 36.4 Å². The molecule has 3 aromatic rings. The zero-order valence-corrected chi connectivity index (χ0v) is 11.7. The molecule has 0 fully saturated rings. The van der Waals surface area contributed by atoms with Gasteiger partial charge in [-0.3, -0.25) is 0 Å². The predicted molar refractivity (Wildman–Crippen MR) is 78.4 cm³/mol. The summed E-state index contributed by atoms with van der Waals surface area (Å²) in [6.45, 7) is 3.98. The average molecular weight is 283 g/mol. The van der Waals surface area contributed by atoms with E-state index in [9.17, 15) is 4.39 Å². The minimum atomic E-state index is -0.449. The molecule has 0 radical (unpaired) electrons. The fourth-order valence-corrected chi connectivity index (χ4v) is 2.31. The molecule has 0 spiro atoms. The molecule has 0 saturated carbocycles. The Morgan fingerprint density at radius 3 is 2.43 bits per heavy atom. The predicted octanol–water partition coefficient (Wildman–Crippen LogP) is 2.67. The first-order valence-electron chi connectivity index (χ1n) is 6.47. The molecule has 0 aliphatic heterocycles. The molecule has 0 aliphatic rings. The molecular formula is C15H14FN5. The third kappa shape index (κ3) is 2.47. The SMILES string of the molecule is Cc1cc(C)cc(-n2nnnc2-c2ccc(N)cc2F)c1. The van der Waals surface area contributed by atoms with Gasteiger partial charge in [0.25, 0.3) is 0 Å². The highest BCUT2D eigenvalue weighted by molar-refractivity contribution is 5.61. The number of tetrazole rings is 1. The van der Waals surface area contributed by atoms with Crippen molar-refractivity contribution < 1.29 is 4.39 Å². The van der Waals surface area contributed by atoms with Gasteiger partial charge in [0, 0.05) is 5.69 Å². The van der Waals surface area contributed by atoms with E-state index in [1.54, 1.807) is 12.1 Å². The smallest absolute Gasteiger partial charge is 0.190 e.